The van der Waals surface area contributed by atoms with Crippen molar-refractivity contribution in [2.45, 2.75) is 24.5 Å². The highest BCUT2D eigenvalue weighted by Gasteiger charge is 2.27. The van der Waals surface area contributed by atoms with Gasteiger partial charge in [-0.1, -0.05) is 36.4 Å². The Bertz CT molecular complexity index is 1500. The fourth-order valence-corrected chi connectivity index (χ4v) is 4.62. The third-order valence-corrected chi connectivity index (χ3v) is 7.01. The van der Waals surface area contributed by atoms with Crippen LogP contribution in [0.15, 0.2) is 101 Å². The molecule has 3 aromatic carbocycles. The summed E-state index contributed by atoms with van der Waals surface area (Å²) in [5.41, 5.74) is 1.89. The molecule has 1 heterocycles. The van der Waals surface area contributed by atoms with E-state index >= 15 is 0 Å². The molecule has 38 heavy (non-hydrogen) atoms. The predicted octanol–water partition coefficient (Wildman–Crippen LogP) is 4.61. The second-order valence-electron chi connectivity index (χ2n) is 8.32. The molecule has 0 saturated carbocycles. The van der Waals surface area contributed by atoms with E-state index < -0.39 is 28.0 Å². The van der Waals surface area contributed by atoms with Crippen molar-refractivity contribution >= 4 is 27.6 Å². The molecule has 196 valence electrons. The highest BCUT2D eigenvalue weighted by Crippen LogP contribution is 2.28. The van der Waals surface area contributed by atoms with Crippen LogP contribution in [0, 0.1) is 6.92 Å². The lowest BCUT2D eigenvalue weighted by molar-refractivity contribution is -0.125. The van der Waals surface area contributed by atoms with Crippen LogP contribution in [-0.2, 0) is 26.1 Å². The Labute approximate surface area is 220 Å². The van der Waals surface area contributed by atoms with Crippen molar-refractivity contribution in [2.24, 2.45) is 0 Å². The number of rotatable bonds is 10. The molecular formula is C28H26N2O7S. The molecule has 1 unspecified atom stereocenters. The summed E-state index contributed by atoms with van der Waals surface area (Å²) in [6.45, 7) is 1.86. The van der Waals surface area contributed by atoms with Gasteiger partial charge in [-0.3, -0.25) is 4.79 Å². The molecule has 0 aliphatic carbocycles. The maximum absolute atomic E-state index is 13.3. The number of methoxy groups -OCH3 is 1. The van der Waals surface area contributed by atoms with Crippen molar-refractivity contribution in [3.8, 4) is 5.75 Å². The van der Waals surface area contributed by atoms with E-state index in [0.29, 0.717) is 22.8 Å². The largest absolute Gasteiger partial charge is 0.495 e. The Morgan fingerprint density at radius 1 is 0.947 bits per heavy atom. The fraction of sp³-hybridized carbons (Fsp3) is 0.143. The van der Waals surface area contributed by atoms with Crippen LogP contribution in [0.4, 0.5) is 5.69 Å². The van der Waals surface area contributed by atoms with Crippen LogP contribution in [-0.4, -0.2) is 27.4 Å². The smallest absolute Gasteiger partial charge is 0.339 e. The molecule has 4 aromatic rings. The minimum Gasteiger partial charge on any atom is -0.495 e. The summed E-state index contributed by atoms with van der Waals surface area (Å²) in [5.74, 6) is -0.450. The van der Waals surface area contributed by atoms with E-state index in [4.69, 9.17) is 13.9 Å². The molecule has 1 atom stereocenters. The van der Waals surface area contributed by atoms with E-state index in [1.54, 1.807) is 54.6 Å². The molecule has 0 fully saturated rings. The van der Waals surface area contributed by atoms with Gasteiger partial charge in [-0.15, -0.1) is 0 Å². The van der Waals surface area contributed by atoms with Crippen molar-refractivity contribution in [2.75, 3.05) is 12.4 Å². The number of amides is 1. The molecule has 4 rings (SSSR count). The third kappa shape index (κ3) is 6.47. The van der Waals surface area contributed by atoms with Gasteiger partial charge in [0.05, 0.1) is 36.1 Å². The van der Waals surface area contributed by atoms with Gasteiger partial charge in [-0.25, -0.2) is 17.9 Å². The first-order valence-corrected chi connectivity index (χ1v) is 13.1. The van der Waals surface area contributed by atoms with Gasteiger partial charge in [0.25, 0.3) is 5.91 Å². The summed E-state index contributed by atoms with van der Waals surface area (Å²) in [5, 5.41) is 2.78. The van der Waals surface area contributed by atoms with Gasteiger partial charge in [0.1, 0.15) is 11.5 Å². The fourth-order valence-electron chi connectivity index (χ4n) is 3.63. The number of ether oxygens (including phenoxy) is 2. The van der Waals surface area contributed by atoms with Gasteiger partial charge in [-0.05, 0) is 61.0 Å². The first-order valence-electron chi connectivity index (χ1n) is 11.6. The third-order valence-electron chi connectivity index (χ3n) is 5.60. The van der Waals surface area contributed by atoms with Gasteiger partial charge in [0, 0.05) is 5.56 Å². The normalized spacial score (nSPS) is 11.9. The quantitative estimate of drug-likeness (QED) is 0.285. The monoisotopic (exact) mass is 534 g/mol. The van der Waals surface area contributed by atoms with E-state index in [0.717, 1.165) is 5.56 Å². The van der Waals surface area contributed by atoms with Gasteiger partial charge in [-0.2, -0.15) is 0 Å². The first kappa shape index (κ1) is 26.6. The van der Waals surface area contributed by atoms with Gasteiger partial charge >= 0.3 is 5.97 Å². The van der Waals surface area contributed by atoms with Crippen LogP contribution in [0.25, 0.3) is 0 Å². The summed E-state index contributed by atoms with van der Waals surface area (Å²) in [4.78, 5) is 26.2. The molecule has 2 N–H and O–H groups in total. The number of hydrogen-bond donors (Lipinski definition) is 2. The summed E-state index contributed by atoms with van der Waals surface area (Å²) < 4.78 is 43.7. The Morgan fingerprint density at radius 3 is 2.34 bits per heavy atom. The van der Waals surface area contributed by atoms with Gasteiger partial charge in [0.2, 0.25) is 16.1 Å². The number of anilines is 1. The van der Waals surface area contributed by atoms with Crippen LogP contribution in [0.5, 0.6) is 5.75 Å². The molecule has 1 amide bonds. The van der Waals surface area contributed by atoms with Crippen LogP contribution >= 0.6 is 0 Å². The zero-order chi connectivity index (χ0) is 27.1. The average Bonchev–Trinajstić information content (AvgIpc) is 3.45. The number of esters is 1. The second-order valence-corrected chi connectivity index (χ2v) is 10.1. The second kappa shape index (κ2) is 11.8. The lowest BCUT2D eigenvalue weighted by Crippen LogP contribution is -2.26. The standard InChI is InChI=1S/C28H26N2O7S/c1-19-10-15-25(35-2)24(17-19)30-27(31)26(20-7-4-3-5-8-20)37-28(32)21-11-13-23(14-12-21)38(33,34)29-18-22-9-6-16-36-22/h3-17,26,29H,18H2,1-2H3,(H,30,31). The molecule has 0 aliphatic rings. The van der Waals surface area contributed by atoms with E-state index in [9.17, 15) is 18.0 Å². The Hall–Kier alpha value is -4.41. The van der Waals surface area contributed by atoms with Crippen molar-refractivity contribution in [1.82, 2.24) is 4.72 Å². The number of benzene rings is 3. The van der Waals surface area contributed by atoms with Crippen LogP contribution < -0.4 is 14.8 Å². The SMILES string of the molecule is COc1ccc(C)cc1NC(=O)C(OC(=O)c1ccc(S(=O)(=O)NCc2ccco2)cc1)c1ccccc1. The molecule has 10 heteroatoms. The van der Waals surface area contributed by atoms with Crippen LogP contribution in [0.1, 0.15) is 33.3 Å². The molecule has 9 nitrogen and oxygen atoms in total. The average molecular weight is 535 g/mol. The topological polar surface area (TPSA) is 124 Å². The number of carbonyl (C=O) groups is 2. The summed E-state index contributed by atoms with van der Waals surface area (Å²) in [6, 6.07) is 22.4. The number of nitrogens with one attached hydrogen (secondary N) is 2. The number of carbonyl (C=O) groups excluding carboxylic acids is 2. The van der Waals surface area contributed by atoms with E-state index in [2.05, 4.69) is 10.0 Å². The molecular weight excluding hydrogens is 508 g/mol. The molecule has 0 bridgehead atoms. The van der Waals surface area contributed by atoms with E-state index in [-0.39, 0.29) is 17.0 Å². The minimum atomic E-state index is -3.84. The molecule has 1 aromatic heterocycles. The van der Waals surface area contributed by atoms with E-state index in [1.807, 2.05) is 13.0 Å². The summed E-state index contributed by atoms with van der Waals surface area (Å²) >= 11 is 0. The maximum Gasteiger partial charge on any atom is 0.339 e. The van der Waals surface area contributed by atoms with Crippen molar-refractivity contribution < 1.29 is 31.9 Å². The highest BCUT2D eigenvalue weighted by molar-refractivity contribution is 7.89. The zero-order valence-electron chi connectivity index (χ0n) is 20.7. The molecule has 0 spiro atoms. The molecule has 0 saturated heterocycles. The van der Waals surface area contributed by atoms with Crippen molar-refractivity contribution in [3.05, 3.63) is 114 Å². The lowest BCUT2D eigenvalue weighted by atomic mass is 10.1. The van der Waals surface area contributed by atoms with Crippen molar-refractivity contribution in [3.63, 3.8) is 0 Å². The zero-order valence-corrected chi connectivity index (χ0v) is 21.5. The summed E-state index contributed by atoms with van der Waals surface area (Å²) in [7, 11) is -2.35. The Morgan fingerprint density at radius 2 is 1.68 bits per heavy atom. The molecule has 0 radical (unpaired) electrons. The number of sulfonamides is 1. The van der Waals surface area contributed by atoms with Gasteiger partial charge < -0.3 is 19.2 Å². The maximum atomic E-state index is 13.3. The Kier molecular flexibility index (Phi) is 8.25. The lowest BCUT2D eigenvalue weighted by Gasteiger charge is -2.19. The van der Waals surface area contributed by atoms with Crippen LogP contribution in [0.2, 0.25) is 0 Å². The highest BCUT2D eigenvalue weighted by atomic mass is 32.2. The van der Waals surface area contributed by atoms with Crippen LogP contribution in [0.3, 0.4) is 0 Å². The van der Waals surface area contributed by atoms with E-state index in [1.165, 1.54) is 37.6 Å². The number of furan rings is 1. The number of hydrogen-bond acceptors (Lipinski definition) is 7. The van der Waals surface area contributed by atoms with Gasteiger partial charge in [0.15, 0.2) is 0 Å². The van der Waals surface area contributed by atoms with Crippen molar-refractivity contribution in [1.29, 1.82) is 0 Å². The molecule has 0 aliphatic heterocycles. The first-order chi connectivity index (χ1) is 18.3. The Balaban J connectivity index is 1.51. The minimum absolute atomic E-state index is 0.0152. The predicted molar refractivity (Wildman–Crippen MR) is 140 cm³/mol. The number of aryl methyl sites for hydroxylation is 1. The summed E-state index contributed by atoms with van der Waals surface area (Å²) in [6.07, 6.45) is 0.178.